The van der Waals surface area contributed by atoms with Gasteiger partial charge in [0.05, 0.1) is 20.0 Å². The fraction of sp³-hybridized carbons (Fsp3) is 0.379. The zero-order chi connectivity index (χ0) is 28.2. The summed E-state index contributed by atoms with van der Waals surface area (Å²) in [4.78, 5) is 48.1. The van der Waals surface area contributed by atoms with E-state index in [9.17, 15) is 14.4 Å². The normalized spacial score (nSPS) is 16.4. The third kappa shape index (κ3) is 5.74. The topological polar surface area (TPSA) is 109 Å². The van der Waals surface area contributed by atoms with Gasteiger partial charge in [-0.2, -0.15) is 0 Å². The van der Waals surface area contributed by atoms with Crippen molar-refractivity contribution < 1.29 is 19.1 Å². The van der Waals surface area contributed by atoms with Crippen LogP contribution in [0, 0.1) is 0 Å². The molecule has 0 spiro atoms. The summed E-state index contributed by atoms with van der Waals surface area (Å²) in [5.41, 5.74) is 2.02. The largest absolute Gasteiger partial charge is 0.497 e. The minimum atomic E-state index is -1.14. The SMILES string of the molecule is CCCN1C(=O)c2c(C(=O)NCc3ccc(N(C)C)cc3)ncn2C[C@@]1(C)C(=O)NCc1ccc(OC)cc1. The van der Waals surface area contributed by atoms with Crippen LogP contribution in [-0.4, -0.2) is 65.5 Å². The Kier molecular flexibility index (Phi) is 8.23. The highest BCUT2D eigenvalue weighted by atomic mass is 16.5. The molecule has 3 aromatic rings. The van der Waals surface area contributed by atoms with E-state index in [2.05, 4.69) is 15.6 Å². The molecule has 206 valence electrons. The van der Waals surface area contributed by atoms with Gasteiger partial charge < -0.3 is 29.7 Å². The standard InChI is InChI=1S/C29H36N6O4/c1-6-15-35-27(37)25-24(26(36)30-16-20-7-11-22(12-8-20)33(3)4)32-19-34(25)18-29(35,2)28(38)31-17-21-9-13-23(39-5)14-10-21/h7-14,19H,6,15-18H2,1-5H3,(H,30,36)(H,31,38)/t29-/m0/s1. The van der Waals surface area contributed by atoms with Gasteiger partial charge in [0, 0.05) is 39.4 Å². The summed E-state index contributed by atoms with van der Waals surface area (Å²) < 4.78 is 6.80. The number of benzene rings is 2. The summed E-state index contributed by atoms with van der Waals surface area (Å²) in [7, 11) is 5.53. The third-order valence-corrected chi connectivity index (χ3v) is 7.03. The Labute approximate surface area is 229 Å². The van der Waals surface area contributed by atoms with Crippen molar-refractivity contribution in [2.24, 2.45) is 0 Å². The molecule has 0 saturated carbocycles. The van der Waals surface area contributed by atoms with Crippen molar-refractivity contribution in [3.05, 3.63) is 77.4 Å². The Balaban J connectivity index is 1.49. The van der Waals surface area contributed by atoms with E-state index in [1.54, 1.807) is 23.5 Å². The zero-order valence-corrected chi connectivity index (χ0v) is 23.2. The molecule has 1 aliphatic heterocycles. The van der Waals surface area contributed by atoms with Crippen molar-refractivity contribution in [2.75, 3.05) is 32.6 Å². The van der Waals surface area contributed by atoms with Gasteiger partial charge in [0.25, 0.3) is 11.8 Å². The molecule has 0 aliphatic carbocycles. The molecule has 10 heteroatoms. The summed E-state index contributed by atoms with van der Waals surface area (Å²) in [6.45, 7) is 4.88. The van der Waals surface area contributed by atoms with Crippen LogP contribution in [0.25, 0.3) is 0 Å². The number of aromatic nitrogens is 2. The Morgan fingerprint density at radius 1 is 1.03 bits per heavy atom. The van der Waals surface area contributed by atoms with Crippen molar-refractivity contribution in [3.63, 3.8) is 0 Å². The Morgan fingerprint density at radius 2 is 1.64 bits per heavy atom. The van der Waals surface area contributed by atoms with E-state index in [1.807, 2.05) is 74.4 Å². The smallest absolute Gasteiger partial charge is 0.273 e. The predicted octanol–water partition coefficient (Wildman–Crippen LogP) is 2.83. The maximum Gasteiger partial charge on any atom is 0.273 e. The zero-order valence-electron chi connectivity index (χ0n) is 23.2. The lowest BCUT2D eigenvalue weighted by Gasteiger charge is -2.43. The number of ether oxygens (including phenoxy) is 1. The minimum Gasteiger partial charge on any atom is -0.497 e. The van der Waals surface area contributed by atoms with E-state index in [1.165, 1.54) is 6.33 Å². The second kappa shape index (κ2) is 11.6. The van der Waals surface area contributed by atoms with E-state index < -0.39 is 11.4 Å². The van der Waals surface area contributed by atoms with Crippen LogP contribution in [0.3, 0.4) is 0 Å². The monoisotopic (exact) mass is 532 g/mol. The van der Waals surface area contributed by atoms with E-state index in [-0.39, 0.29) is 29.7 Å². The number of methoxy groups -OCH3 is 1. The number of rotatable bonds is 10. The van der Waals surface area contributed by atoms with Crippen LogP contribution in [0.15, 0.2) is 54.9 Å². The molecular weight excluding hydrogens is 496 g/mol. The number of nitrogens with zero attached hydrogens (tertiary/aromatic N) is 4. The van der Waals surface area contributed by atoms with Crippen molar-refractivity contribution in [2.45, 2.75) is 45.4 Å². The molecular formula is C29H36N6O4. The van der Waals surface area contributed by atoms with Gasteiger partial charge >= 0.3 is 0 Å². The number of carbonyl (C=O) groups is 3. The molecule has 0 fully saturated rings. The van der Waals surface area contributed by atoms with Crippen molar-refractivity contribution >= 4 is 23.4 Å². The first-order chi connectivity index (χ1) is 18.7. The van der Waals surface area contributed by atoms with E-state index in [4.69, 9.17) is 4.74 Å². The van der Waals surface area contributed by atoms with E-state index in [0.29, 0.717) is 26.1 Å². The molecule has 4 rings (SSSR count). The molecule has 1 aliphatic rings. The first-order valence-electron chi connectivity index (χ1n) is 13.0. The Morgan fingerprint density at radius 3 is 2.23 bits per heavy atom. The maximum atomic E-state index is 13.7. The second-order valence-corrected chi connectivity index (χ2v) is 10.1. The molecule has 0 unspecified atom stereocenters. The maximum absolute atomic E-state index is 13.7. The number of imidazole rings is 1. The van der Waals surface area contributed by atoms with E-state index >= 15 is 0 Å². The van der Waals surface area contributed by atoms with Crippen LogP contribution in [0.1, 0.15) is 52.4 Å². The first-order valence-corrected chi connectivity index (χ1v) is 13.0. The van der Waals surface area contributed by atoms with Crippen LogP contribution in [0.5, 0.6) is 5.75 Å². The average Bonchev–Trinajstić information content (AvgIpc) is 3.36. The lowest BCUT2D eigenvalue weighted by atomic mass is 9.93. The quantitative estimate of drug-likeness (QED) is 0.416. The molecule has 1 atom stereocenters. The summed E-state index contributed by atoms with van der Waals surface area (Å²) in [5.74, 6) is -0.355. The number of amides is 3. The van der Waals surface area contributed by atoms with Gasteiger partial charge in [-0.1, -0.05) is 31.2 Å². The molecule has 0 radical (unpaired) electrons. The Bertz CT molecular complexity index is 1330. The summed E-state index contributed by atoms with van der Waals surface area (Å²) >= 11 is 0. The van der Waals surface area contributed by atoms with Crippen LogP contribution in [0.4, 0.5) is 5.69 Å². The van der Waals surface area contributed by atoms with Crippen LogP contribution in [-0.2, 0) is 24.4 Å². The molecule has 0 bridgehead atoms. The molecule has 2 N–H and O–H groups in total. The third-order valence-electron chi connectivity index (χ3n) is 7.03. The fourth-order valence-electron chi connectivity index (χ4n) is 4.72. The molecule has 10 nitrogen and oxygen atoms in total. The molecule has 2 heterocycles. The molecule has 2 aromatic carbocycles. The van der Waals surface area contributed by atoms with Gasteiger partial charge in [0.2, 0.25) is 5.91 Å². The van der Waals surface area contributed by atoms with Crippen LogP contribution < -0.4 is 20.3 Å². The minimum absolute atomic E-state index is 0.0618. The summed E-state index contributed by atoms with van der Waals surface area (Å²) in [5, 5.41) is 5.85. The second-order valence-electron chi connectivity index (χ2n) is 10.1. The number of fused-ring (bicyclic) bond motifs is 1. The van der Waals surface area contributed by atoms with Gasteiger partial charge in [0.1, 0.15) is 17.0 Å². The van der Waals surface area contributed by atoms with Gasteiger partial charge in [0.15, 0.2) is 5.69 Å². The lowest BCUT2D eigenvalue weighted by Crippen LogP contribution is -2.64. The van der Waals surface area contributed by atoms with Gasteiger partial charge in [-0.25, -0.2) is 4.98 Å². The first kappa shape index (κ1) is 27.7. The highest BCUT2D eigenvalue weighted by Crippen LogP contribution is 2.29. The number of carbonyl (C=O) groups excluding carboxylic acids is 3. The lowest BCUT2D eigenvalue weighted by molar-refractivity contribution is -0.133. The number of hydrogen-bond donors (Lipinski definition) is 2. The summed E-state index contributed by atoms with van der Waals surface area (Å²) in [6.07, 6.45) is 2.12. The van der Waals surface area contributed by atoms with E-state index in [0.717, 1.165) is 22.6 Å². The van der Waals surface area contributed by atoms with Crippen LogP contribution in [0.2, 0.25) is 0 Å². The highest BCUT2D eigenvalue weighted by molar-refractivity contribution is 6.07. The fourth-order valence-corrected chi connectivity index (χ4v) is 4.72. The molecule has 1 aromatic heterocycles. The molecule has 3 amide bonds. The van der Waals surface area contributed by atoms with Gasteiger partial charge in [-0.05, 0) is 48.7 Å². The number of anilines is 1. The van der Waals surface area contributed by atoms with Crippen molar-refractivity contribution in [3.8, 4) is 5.75 Å². The van der Waals surface area contributed by atoms with Crippen LogP contribution >= 0.6 is 0 Å². The van der Waals surface area contributed by atoms with Gasteiger partial charge in [-0.3, -0.25) is 14.4 Å². The number of nitrogens with one attached hydrogen (secondary N) is 2. The van der Waals surface area contributed by atoms with Crippen molar-refractivity contribution in [1.82, 2.24) is 25.1 Å². The predicted molar refractivity (Wildman–Crippen MR) is 149 cm³/mol. The highest BCUT2D eigenvalue weighted by Gasteiger charge is 2.48. The summed E-state index contributed by atoms with van der Waals surface area (Å²) in [6, 6.07) is 15.3. The molecule has 0 saturated heterocycles. The number of hydrogen-bond acceptors (Lipinski definition) is 6. The molecule has 39 heavy (non-hydrogen) atoms. The Hall–Kier alpha value is -4.34. The van der Waals surface area contributed by atoms with Crippen molar-refractivity contribution in [1.29, 1.82) is 0 Å². The van der Waals surface area contributed by atoms with Gasteiger partial charge in [-0.15, -0.1) is 0 Å². The average molecular weight is 533 g/mol.